The molecule has 152 valence electrons. The van der Waals surface area contributed by atoms with Gasteiger partial charge in [-0.3, -0.25) is 10.2 Å². The molecule has 0 saturated carbocycles. The maximum absolute atomic E-state index is 13.2. The van der Waals surface area contributed by atoms with Gasteiger partial charge in [-0.05, 0) is 47.9 Å². The average Bonchev–Trinajstić information content (AvgIpc) is 3.31. The van der Waals surface area contributed by atoms with Crippen molar-refractivity contribution < 1.29 is 13.9 Å². The summed E-state index contributed by atoms with van der Waals surface area (Å²) in [6, 6.07) is 13.6. The first-order valence-corrected chi connectivity index (χ1v) is 11.0. The second-order valence-electron chi connectivity index (χ2n) is 6.65. The van der Waals surface area contributed by atoms with E-state index in [1.54, 1.807) is 30.3 Å². The van der Waals surface area contributed by atoms with Crippen molar-refractivity contribution in [1.29, 1.82) is 5.41 Å². The van der Waals surface area contributed by atoms with E-state index in [4.69, 9.17) is 10.1 Å². The first-order valence-electron chi connectivity index (χ1n) is 9.35. The number of ether oxygens (including phenoxy) is 1. The van der Waals surface area contributed by atoms with Gasteiger partial charge >= 0.3 is 0 Å². The zero-order valence-electron chi connectivity index (χ0n) is 16.1. The standard InChI is InChI=1S/C22H18FN3O2S2/c1-2-18-25-26-22(30-18)19-20(27)17(29-21(19)24)11-13-6-8-16(9-7-13)28-12-14-4-3-5-15(23)10-14/h3-11,19,24H,2,12H2,1H3. The lowest BCUT2D eigenvalue weighted by Crippen LogP contribution is -2.11. The fraction of sp³-hybridized carbons (Fsp3) is 0.182. The number of Topliss-reactive ketones (excluding diaryl/α,β-unsaturated/α-hetero) is 1. The lowest BCUT2D eigenvalue weighted by Gasteiger charge is -2.07. The fourth-order valence-electron chi connectivity index (χ4n) is 2.95. The summed E-state index contributed by atoms with van der Waals surface area (Å²) in [6.07, 6.45) is 2.54. The molecule has 1 fully saturated rings. The Labute approximate surface area is 181 Å². The summed E-state index contributed by atoms with van der Waals surface area (Å²) in [6.45, 7) is 2.25. The van der Waals surface area contributed by atoms with Crippen LogP contribution in [0.5, 0.6) is 5.75 Å². The van der Waals surface area contributed by atoms with Gasteiger partial charge in [0.05, 0.1) is 9.95 Å². The Hall–Kier alpha value is -2.84. The summed E-state index contributed by atoms with van der Waals surface area (Å²) < 4.78 is 18.9. The van der Waals surface area contributed by atoms with Crippen LogP contribution in [0.1, 0.15) is 34.0 Å². The molecule has 0 bridgehead atoms. The molecule has 1 unspecified atom stereocenters. The molecular formula is C22H18FN3O2S2. The molecule has 0 spiro atoms. The van der Waals surface area contributed by atoms with Crippen LogP contribution in [0.15, 0.2) is 53.4 Å². The molecule has 30 heavy (non-hydrogen) atoms. The molecular weight excluding hydrogens is 421 g/mol. The Morgan fingerprint density at radius 2 is 2.00 bits per heavy atom. The normalized spacial score (nSPS) is 17.7. The van der Waals surface area contributed by atoms with E-state index in [0.29, 0.717) is 15.7 Å². The van der Waals surface area contributed by atoms with Gasteiger partial charge in [-0.1, -0.05) is 43.0 Å². The Bertz CT molecular complexity index is 1130. The highest BCUT2D eigenvalue weighted by molar-refractivity contribution is 8.19. The third-order valence-corrected chi connectivity index (χ3v) is 6.62. The molecule has 1 aliphatic rings. The minimum atomic E-state index is -0.645. The van der Waals surface area contributed by atoms with Crippen molar-refractivity contribution in [3.63, 3.8) is 0 Å². The number of nitrogens with one attached hydrogen (secondary N) is 1. The van der Waals surface area contributed by atoms with E-state index < -0.39 is 5.92 Å². The quantitative estimate of drug-likeness (QED) is 0.532. The summed E-state index contributed by atoms with van der Waals surface area (Å²) in [5.41, 5.74) is 1.59. The number of aromatic nitrogens is 2. The van der Waals surface area contributed by atoms with Crippen molar-refractivity contribution in [2.24, 2.45) is 0 Å². The SMILES string of the molecule is CCc1nnc(C2C(=N)SC(=Cc3ccc(OCc4cccc(F)c4)cc3)C2=O)s1. The molecule has 1 aliphatic heterocycles. The van der Waals surface area contributed by atoms with E-state index in [1.165, 1.54) is 35.2 Å². The summed E-state index contributed by atoms with van der Waals surface area (Å²) >= 11 is 2.56. The van der Waals surface area contributed by atoms with E-state index in [9.17, 15) is 9.18 Å². The van der Waals surface area contributed by atoms with E-state index in [-0.39, 0.29) is 23.3 Å². The van der Waals surface area contributed by atoms with Crippen molar-refractivity contribution >= 4 is 40.0 Å². The molecule has 5 nitrogen and oxygen atoms in total. The van der Waals surface area contributed by atoms with Crippen LogP contribution in [-0.2, 0) is 17.8 Å². The van der Waals surface area contributed by atoms with Gasteiger partial charge in [-0.2, -0.15) is 0 Å². The number of aryl methyl sites for hydroxylation is 1. The summed E-state index contributed by atoms with van der Waals surface area (Å²) in [5.74, 6) is -0.401. The summed E-state index contributed by atoms with van der Waals surface area (Å²) in [7, 11) is 0. The fourth-order valence-corrected chi connectivity index (χ4v) is 4.90. The number of hydrogen-bond donors (Lipinski definition) is 1. The lowest BCUT2D eigenvalue weighted by molar-refractivity contribution is -0.114. The minimum Gasteiger partial charge on any atom is -0.489 e. The third kappa shape index (κ3) is 4.49. The van der Waals surface area contributed by atoms with Crippen molar-refractivity contribution in [3.8, 4) is 5.75 Å². The summed E-state index contributed by atoms with van der Waals surface area (Å²) in [4.78, 5) is 13.3. The Balaban J connectivity index is 1.44. The summed E-state index contributed by atoms with van der Waals surface area (Å²) in [5, 5.41) is 18.1. The number of nitrogens with zero attached hydrogens (tertiary/aromatic N) is 2. The molecule has 3 aromatic rings. The smallest absolute Gasteiger partial charge is 0.186 e. The number of hydrogen-bond acceptors (Lipinski definition) is 7. The predicted octanol–water partition coefficient (Wildman–Crippen LogP) is 5.24. The van der Waals surface area contributed by atoms with Crippen LogP contribution in [0.25, 0.3) is 6.08 Å². The number of carbonyl (C=O) groups excluding carboxylic acids is 1. The van der Waals surface area contributed by atoms with Crippen molar-refractivity contribution in [2.75, 3.05) is 0 Å². The Morgan fingerprint density at radius 3 is 2.70 bits per heavy atom. The molecule has 0 aliphatic carbocycles. The molecule has 1 aromatic heterocycles. The van der Waals surface area contributed by atoms with Gasteiger partial charge in [0.25, 0.3) is 0 Å². The van der Waals surface area contributed by atoms with Crippen molar-refractivity contribution in [1.82, 2.24) is 10.2 Å². The minimum absolute atomic E-state index is 0.116. The highest BCUT2D eigenvalue weighted by Crippen LogP contribution is 2.41. The van der Waals surface area contributed by atoms with Crippen molar-refractivity contribution in [2.45, 2.75) is 25.9 Å². The lowest BCUT2D eigenvalue weighted by atomic mass is 10.1. The Kier molecular flexibility index (Phi) is 6.06. The number of ketones is 1. The van der Waals surface area contributed by atoms with Crippen LogP contribution in [0.2, 0.25) is 0 Å². The van der Waals surface area contributed by atoms with E-state index in [0.717, 1.165) is 22.6 Å². The van der Waals surface area contributed by atoms with Gasteiger partial charge in [-0.15, -0.1) is 21.5 Å². The molecule has 1 saturated heterocycles. The molecule has 0 radical (unpaired) electrons. The van der Waals surface area contributed by atoms with Crippen LogP contribution < -0.4 is 4.74 Å². The third-order valence-electron chi connectivity index (χ3n) is 4.49. The van der Waals surface area contributed by atoms with Gasteiger partial charge in [0.1, 0.15) is 34.1 Å². The highest BCUT2D eigenvalue weighted by atomic mass is 32.2. The number of carbonyl (C=O) groups is 1. The van der Waals surface area contributed by atoms with Gasteiger partial charge in [-0.25, -0.2) is 4.39 Å². The zero-order valence-corrected chi connectivity index (χ0v) is 17.7. The second-order valence-corrected chi connectivity index (χ2v) is 8.82. The maximum atomic E-state index is 13.2. The molecule has 1 N–H and O–H groups in total. The van der Waals surface area contributed by atoms with Gasteiger partial charge in [0.2, 0.25) is 0 Å². The van der Waals surface area contributed by atoms with Crippen molar-refractivity contribution in [3.05, 3.63) is 80.4 Å². The first kappa shape index (κ1) is 20.4. The molecule has 0 amide bonds. The first-order chi connectivity index (χ1) is 14.5. The van der Waals surface area contributed by atoms with Crippen LogP contribution in [0, 0.1) is 11.2 Å². The molecule has 4 rings (SSSR count). The molecule has 8 heteroatoms. The number of rotatable bonds is 6. The molecule has 1 atom stereocenters. The molecule has 2 heterocycles. The van der Waals surface area contributed by atoms with Gasteiger partial charge in [0.15, 0.2) is 5.78 Å². The van der Waals surface area contributed by atoms with E-state index in [2.05, 4.69) is 10.2 Å². The highest BCUT2D eigenvalue weighted by Gasteiger charge is 2.39. The Morgan fingerprint density at radius 1 is 1.20 bits per heavy atom. The number of allylic oxidation sites excluding steroid dienone is 1. The largest absolute Gasteiger partial charge is 0.489 e. The topological polar surface area (TPSA) is 75.9 Å². The zero-order chi connectivity index (χ0) is 21.1. The van der Waals surface area contributed by atoms with Crippen LogP contribution in [-0.4, -0.2) is 21.0 Å². The predicted molar refractivity (Wildman–Crippen MR) is 118 cm³/mol. The molecule has 2 aromatic carbocycles. The number of thioether (sulfide) groups is 1. The van der Waals surface area contributed by atoms with Gasteiger partial charge in [0, 0.05) is 0 Å². The van der Waals surface area contributed by atoms with Gasteiger partial charge < -0.3 is 4.74 Å². The maximum Gasteiger partial charge on any atom is 0.186 e. The second kappa shape index (κ2) is 8.89. The number of benzene rings is 2. The monoisotopic (exact) mass is 439 g/mol. The van der Waals surface area contributed by atoms with E-state index in [1.807, 2.05) is 19.1 Å². The number of halogens is 1. The van der Waals surface area contributed by atoms with E-state index >= 15 is 0 Å². The average molecular weight is 440 g/mol. The van der Waals surface area contributed by atoms with Crippen LogP contribution in [0.3, 0.4) is 0 Å². The van der Waals surface area contributed by atoms with Crippen LogP contribution in [0.4, 0.5) is 4.39 Å². The van der Waals surface area contributed by atoms with Crippen LogP contribution >= 0.6 is 23.1 Å².